The molecule has 0 fully saturated rings. The highest BCUT2D eigenvalue weighted by molar-refractivity contribution is 6.43. The van der Waals surface area contributed by atoms with E-state index in [0.29, 0.717) is 22.9 Å². The van der Waals surface area contributed by atoms with Crippen LogP contribution in [0.4, 0.5) is 11.4 Å². The van der Waals surface area contributed by atoms with E-state index in [-0.39, 0.29) is 0 Å². The summed E-state index contributed by atoms with van der Waals surface area (Å²) in [5.74, 6) is -0.471. The van der Waals surface area contributed by atoms with Gasteiger partial charge in [-0.1, -0.05) is 25.1 Å². The molecule has 0 spiro atoms. The molecule has 2 aromatic carbocycles. The molecule has 0 saturated carbocycles. The van der Waals surface area contributed by atoms with Crippen LogP contribution in [0, 0.1) is 6.92 Å². The molecule has 0 aliphatic heterocycles. The first-order valence-electron chi connectivity index (χ1n) is 7.93. The molecule has 6 heteroatoms. The Kier molecular flexibility index (Phi) is 6.00. The number of methoxy groups -OCH3 is 2. The number of amides is 2. The van der Waals surface area contributed by atoms with Crippen molar-refractivity contribution < 1.29 is 19.1 Å². The third-order valence-corrected chi connectivity index (χ3v) is 3.83. The van der Waals surface area contributed by atoms with Crippen molar-refractivity contribution in [2.45, 2.75) is 20.3 Å². The maximum atomic E-state index is 12.2. The number of hydrogen-bond donors (Lipinski definition) is 2. The second kappa shape index (κ2) is 8.19. The Balaban J connectivity index is 2.13. The summed E-state index contributed by atoms with van der Waals surface area (Å²) in [6, 6.07) is 10.6. The lowest BCUT2D eigenvalue weighted by Gasteiger charge is -2.13. The van der Waals surface area contributed by atoms with Crippen LogP contribution < -0.4 is 20.1 Å². The topological polar surface area (TPSA) is 76.7 Å². The van der Waals surface area contributed by atoms with E-state index in [4.69, 9.17) is 9.47 Å². The van der Waals surface area contributed by atoms with Gasteiger partial charge >= 0.3 is 11.8 Å². The predicted octanol–water partition coefficient (Wildman–Crippen LogP) is 3.15. The summed E-state index contributed by atoms with van der Waals surface area (Å²) in [6.07, 6.45) is 0.759. The van der Waals surface area contributed by atoms with E-state index in [1.54, 1.807) is 18.2 Å². The van der Waals surface area contributed by atoms with Gasteiger partial charge in [-0.25, -0.2) is 0 Å². The lowest BCUT2D eigenvalue weighted by Crippen LogP contribution is -2.29. The molecule has 25 heavy (non-hydrogen) atoms. The molecule has 2 N–H and O–H groups in total. The zero-order valence-electron chi connectivity index (χ0n) is 14.8. The highest BCUT2D eigenvalue weighted by Crippen LogP contribution is 2.29. The normalized spacial score (nSPS) is 10.1. The fourth-order valence-corrected chi connectivity index (χ4v) is 2.47. The minimum Gasteiger partial charge on any atom is -0.493 e. The van der Waals surface area contributed by atoms with Gasteiger partial charge in [-0.3, -0.25) is 9.59 Å². The predicted molar refractivity (Wildman–Crippen MR) is 97.4 cm³/mol. The smallest absolute Gasteiger partial charge is 0.314 e. The van der Waals surface area contributed by atoms with Crippen LogP contribution in [-0.4, -0.2) is 26.0 Å². The summed E-state index contributed by atoms with van der Waals surface area (Å²) in [5, 5.41) is 5.25. The Morgan fingerprint density at radius 2 is 1.64 bits per heavy atom. The van der Waals surface area contributed by atoms with Gasteiger partial charge in [-0.05, 0) is 36.6 Å². The van der Waals surface area contributed by atoms with Gasteiger partial charge in [0.25, 0.3) is 0 Å². The molecule has 132 valence electrons. The van der Waals surface area contributed by atoms with Crippen molar-refractivity contribution >= 4 is 23.2 Å². The minimum atomic E-state index is -0.752. The van der Waals surface area contributed by atoms with Gasteiger partial charge in [0.2, 0.25) is 0 Å². The van der Waals surface area contributed by atoms with E-state index in [9.17, 15) is 9.59 Å². The fourth-order valence-electron chi connectivity index (χ4n) is 2.47. The number of carbonyl (C=O) groups is 2. The summed E-state index contributed by atoms with van der Waals surface area (Å²) in [6.45, 7) is 3.88. The second-order valence-electron chi connectivity index (χ2n) is 5.44. The van der Waals surface area contributed by atoms with Gasteiger partial charge in [0.15, 0.2) is 11.5 Å². The van der Waals surface area contributed by atoms with E-state index in [1.165, 1.54) is 14.2 Å². The summed E-state index contributed by atoms with van der Waals surface area (Å²) >= 11 is 0. The maximum Gasteiger partial charge on any atom is 0.314 e. The van der Waals surface area contributed by atoms with Crippen LogP contribution in [0.2, 0.25) is 0 Å². The van der Waals surface area contributed by atoms with Gasteiger partial charge < -0.3 is 20.1 Å². The quantitative estimate of drug-likeness (QED) is 0.819. The molecule has 0 aromatic heterocycles. The fraction of sp³-hybridized carbons (Fsp3) is 0.263. The standard InChI is InChI=1S/C19H22N2O4/c1-5-13-8-6-7-12(2)17(13)21-19(23)18(22)20-14-9-10-15(24-3)16(11-14)25-4/h6-11H,5H2,1-4H3,(H,20,22)(H,21,23). The van der Waals surface area contributed by atoms with E-state index in [2.05, 4.69) is 10.6 Å². The van der Waals surface area contributed by atoms with Gasteiger partial charge in [0.05, 0.1) is 14.2 Å². The third kappa shape index (κ3) is 4.29. The zero-order chi connectivity index (χ0) is 18.4. The Hall–Kier alpha value is -3.02. The summed E-state index contributed by atoms with van der Waals surface area (Å²) in [4.78, 5) is 24.4. The van der Waals surface area contributed by atoms with Crippen LogP contribution >= 0.6 is 0 Å². The molecule has 0 bridgehead atoms. The molecule has 0 saturated heterocycles. The lowest BCUT2D eigenvalue weighted by atomic mass is 10.1. The van der Waals surface area contributed by atoms with Crippen molar-refractivity contribution in [3.8, 4) is 11.5 Å². The molecule has 0 atom stereocenters. The first-order valence-corrected chi connectivity index (χ1v) is 7.93. The SMILES string of the molecule is CCc1cccc(C)c1NC(=O)C(=O)Nc1ccc(OC)c(OC)c1. The lowest BCUT2D eigenvalue weighted by molar-refractivity contribution is -0.133. The van der Waals surface area contributed by atoms with Crippen molar-refractivity contribution in [2.24, 2.45) is 0 Å². The number of aryl methyl sites for hydroxylation is 2. The van der Waals surface area contributed by atoms with Crippen molar-refractivity contribution in [2.75, 3.05) is 24.9 Å². The van der Waals surface area contributed by atoms with E-state index in [0.717, 1.165) is 17.5 Å². The Morgan fingerprint density at radius 1 is 0.960 bits per heavy atom. The molecular formula is C19H22N2O4. The Morgan fingerprint density at radius 3 is 2.28 bits per heavy atom. The second-order valence-corrected chi connectivity index (χ2v) is 5.44. The van der Waals surface area contributed by atoms with Crippen molar-refractivity contribution in [1.29, 1.82) is 0 Å². The number of nitrogens with one attached hydrogen (secondary N) is 2. The van der Waals surface area contributed by atoms with Crippen molar-refractivity contribution in [3.05, 3.63) is 47.5 Å². The number of benzene rings is 2. The number of rotatable bonds is 5. The van der Waals surface area contributed by atoms with Gasteiger partial charge in [0.1, 0.15) is 0 Å². The Labute approximate surface area is 147 Å². The highest BCUT2D eigenvalue weighted by atomic mass is 16.5. The summed E-state index contributed by atoms with van der Waals surface area (Å²) < 4.78 is 10.3. The monoisotopic (exact) mass is 342 g/mol. The van der Waals surface area contributed by atoms with E-state index >= 15 is 0 Å². The molecule has 2 amide bonds. The molecule has 0 radical (unpaired) electrons. The van der Waals surface area contributed by atoms with E-state index in [1.807, 2.05) is 32.0 Å². The van der Waals surface area contributed by atoms with Crippen LogP contribution in [-0.2, 0) is 16.0 Å². The molecule has 6 nitrogen and oxygen atoms in total. The van der Waals surface area contributed by atoms with Crippen molar-refractivity contribution in [3.63, 3.8) is 0 Å². The molecule has 2 rings (SSSR count). The maximum absolute atomic E-state index is 12.2. The highest BCUT2D eigenvalue weighted by Gasteiger charge is 2.17. The molecule has 0 heterocycles. The first kappa shape index (κ1) is 18.3. The van der Waals surface area contributed by atoms with Crippen LogP contribution in [0.15, 0.2) is 36.4 Å². The number of hydrogen-bond acceptors (Lipinski definition) is 4. The summed E-state index contributed by atoms with van der Waals surface area (Å²) in [7, 11) is 3.03. The van der Waals surface area contributed by atoms with Crippen LogP contribution in [0.1, 0.15) is 18.1 Å². The summed E-state index contributed by atoms with van der Waals surface area (Å²) in [5.41, 5.74) is 3.01. The van der Waals surface area contributed by atoms with Gasteiger partial charge in [0, 0.05) is 17.4 Å². The average molecular weight is 342 g/mol. The van der Waals surface area contributed by atoms with Crippen molar-refractivity contribution in [1.82, 2.24) is 0 Å². The minimum absolute atomic E-state index is 0.443. The molecule has 0 aliphatic rings. The number of para-hydroxylation sites is 1. The van der Waals surface area contributed by atoms with Crippen LogP contribution in [0.5, 0.6) is 11.5 Å². The first-order chi connectivity index (χ1) is 12.0. The molecule has 2 aromatic rings. The zero-order valence-corrected chi connectivity index (χ0v) is 14.8. The number of carbonyl (C=O) groups excluding carboxylic acids is 2. The average Bonchev–Trinajstić information content (AvgIpc) is 2.62. The van der Waals surface area contributed by atoms with Crippen LogP contribution in [0.3, 0.4) is 0 Å². The number of ether oxygens (including phenoxy) is 2. The van der Waals surface area contributed by atoms with Crippen LogP contribution in [0.25, 0.3) is 0 Å². The molecule has 0 aliphatic carbocycles. The Bertz CT molecular complexity index is 787. The molecule has 0 unspecified atom stereocenters. The molecular weight excluding hydrogens is 320 g/mol. The van der Waals surface area contributed by atoms with Gasteiger partial charge in [-0.15, -0.1) is 0 Å². The van der Waals surface area contributed by atoms with Gasteiger partial charge in [-0.2, -0.15) is 0 Å². The largest absolute Gasteiger partial charge is 0.493 e. The third-order valence-electron chi connectivity index (χ3n) is 3.83. The van der Waals surface area contributed by atoms with E-state index < -0.39 is 11.8 Å². The number of anilines is 2.